The molecule has 0 bridgehead atoms. The lowest BCUT2D eigenvalue weighted by Crippen LogP contribution is -2.24. The first-order valence-corrected chi connectivity index (χ1v) is 8.00. The van der Waals surface area contributed by atoms with E-state index >= 15 is 0 Å². The summed E-state index contributed by atoms with van der Waals surface area (Å²) in [6.45, 7) is 0. The van der Waals surface area contributed by atoms with E-state index < -0.39 is 14.9 Å². The first kappa shape index (κ1) is 14.7. The molecule has 0 unspecified atom stereocenters. The maximum Gasteiger partial charge on any atom is 0.270 e. The van der Waals surface area contributed by atoms with Crippen molar-refractivity contribution in [3.63, 3.8) is 0 Å². The number of anilines is 1. The number of sulfonamides is 1. The molecule has 0 saturated heterocycles. The number of primary sulfonamides is 1. The molecule has 0 heterocycles. The molecule has 1 aromatic rings. The maximum atomic E-state index is 11.6. The van der Waals surface area contributed by atoms with Crippen molar-refractivity contribution in [3.05, 3.63) is 28.3 Å². The van der Waals surface area contributed by atoms with E-state index in [0.29, 0.717) is 5.69 Å². The number of nitrogens with zero attached hydrogens (tertiary/aromatic N) is 1. The highest BCUT2D eigenvalue weighted by Gasteiger charge is 2.21. The van der Waals surface area contributed by atoms with Crippen LogP contribution in [0.4, 0.5) is 11.4 Å². The highest BCUT2D eigenvalue weighted by Crippen LogP contribution is 2.28. The molecule has 0 atom stereocenters. The Balaban J connectivity index is 2.33. The van der Waals surface area contributed by atoms with Crippen molar-refractivity contribution in [2.45, 2.75) is 43.0 Å². The number of nitro benzene ring substituents is 1. The van der Waals surface area contributed by atoms with E-state index in [2.05, 4.69) is 5.32 Å². The number of nitro groups is 1. The maximum absolute atomic E-state index is 11.6. The number of rotatable bonds is 4. The standard InChI is InChI=1S/C12H17N3O4S/c13-20(18,19)12-8-10(15(16)17)6-7-11(12)14-9-4-2-1-3-5-9/h6-9,14H,1-5H2,(H2,13,18,19). The van der Waals surface area contributed by atoms with Crippen LogP contribution in [-0.4, -0.2) is 19.4 Å². The molecule has 1 saturated carbocycles. The number of non-ortho nitro benzene ring substituents is 1. The van der Waals surface area contributed by atoms with Gasteiger partial charge < -0.3 is 5.32 Å². The van der Waals surface area contributed by atoms with Crippen LogP contribution in [0.3, 0.4) is 0 Å². The van der Waals surface area contributed by atoms with E-state index in [9.17, 15) is 18.5 Å². The minimum absolute atomic E-state index is 0.186. The van der Waals surface area contributed by atoms with E-state index in [1.807, 2.05) is 0 Å². The highest BCUT2D eigenvalue weighted by atomic mass is 32.2. The zero-order valence-electron chi connectivity index (χ0n) is 10.9. The van der Waals surface area contributed by atoms with Gasteiger partial charge in [0, 0.05) is 18.2 Å². The largest absolute Gasteiger partial charge is 0.381 e. The van der Waals surface area contributed by atoms with Gasteiger partial charge in [0.1, 0.15) is 4.90 Å². The molecule has 7 nitrogen and oxygen atoms in total. The summed E-state index contributed by atoms with van der Waals surface area (Å²) in [7, 11) is -4.01. The van der Waals surface area contributed by atoms with Gasteiger partial charge in [-0.2, -0.15) is 0 Å². The highest BCUT2D eigenvalue weighted by molar-refractivity contribution is 7.89. The molecule has 110 valence electrons. The summed E-state index contributed by atoms with van der Waals surface area (Å²) in [5.74, 6) is 0. The molecule has 1 aromatic carbocycles. The van der Waals surface area contributed by atoms with Crippen LogP contribution in [0.2, 0.25) is 0 Å². The van der Waals surface area contributed by atoms with Gasteiger partial charge in [-0.1, -0.05) is 19.3 Å². The van der Waals surface area contributed by atoms with Gasteiger partial charge in [-0.3, -0.25) is 10.1 Å². The van der Waals surface area contributed by atoms with Gasteiger partial charge in [0.2, 0.25) is 10.0 Å². The quantitative estimate of drug-likeness (QED) is 0.651. The van der Waals surface area contributed by atoms with Crippen molar-refractivity contribution < 1.29 is 13.3 Å². The van der Waals surface area contributed by atoms with Gasteiger partial charge in [0.05, 0.1) is 10.6 Å². The van der Waals surface area contributed by atoms with Crippen LogP contribution >= 0.6 is 0 Å². The van der Waals surface area contributed by atoms with Crippen LogP contribution < -0.4 is 10.5 Å². The molecule has 1 aliphatic rings. The average molecular weight is 299 g/mol. The lowest BCUT2D eigenvalue weighted by molar-refractivity contribution is -0.385. The van der Waals surface area contributed by atoms with Gasteiger partial charge in [-0.05, 0) is 18.9 Å². The van der Waals surface area contributed by atoms with Crippen molar-refractivity contribution in [1.29, 1.82) is 0 Å². The summed E-state index contributed by atoms with van der Waals surface area (Å²) in [6, 6.07) is 3.87. The first-order valence-electron chi connectivity index (χ1n) is 6.46. The van der Waals surface area contributed by atoms with Crippen LogP contribution in [-0.2, 0) is 10.0 Å². The Labute approximate surface area is 117 Å². The third-order valence-electron chi connectivity index (χ3n) is 3.45. The fourth-order valence-corrected chi connectivity index (χ4v) is 3.16. The van der Waals surface area contributed by atoms with Gasteiger partial charge in [-0.25, -0.2) is 13.6 Å². The van der Waals surface area contributed by atoms with Gasteiger partial charge in [-0.15, -0.1) is 0 Å². The van der Waals surface area contributed by atoms with Crippen LogP contribution in [0.1, 0.15) is 32.1 Å². The summed E-state index contributed by atoms with van der Waals surface area (Å²) < 4.78 is 23.2. The lowest BCUT2D eigenvalue weighted by Gasteiger charge is -2.24. The van der Waals surface area contributed by atoms with Crippen molar-refractivity contribution in [3.8, 4) is 0 Å². The second kappa shape index (κ2) is 5.76. The molecule has 0 spiro atoms. The van der Waals surface area contributed by atoms with Crippen LogP contribution in [0.25, 0.3) is 0 Å². The topological polar surface area (TPSA) is 115 Å². The predicted molar refractivity (Wildman–Crippen MR) is 75.0 cm³/mol. The van der Waals surface area contributed by atoms with Gasteiger partial charge in [0.25, 0.3) is 5.69 Å². The van der Waals surface area contributed by atoms with Crippen molar-refractivity contribution in [1.82, 2.24) is 0 Å². The van der Waals surface area contributed by atoms with Crippen molar-refractivity contribution in [2.24, 2.45) is 5.14 Å². The molecule has 2 rings (SSSR count). The molecule has 0 amide bonds. The van der Waals surface area contributed by atoms with Crippen LogP contribution in [0.15, 0.2) is 23.1 Å². The van der Waals surface area contributed by atoms with Crippen molar-refractivity contribution in [2.75, 3.05) is 5.32 Å². The first-order chi connectivity index (χ1) is 9.38. The minimum Gasteiger partial charge on any atom is -0.381 e. The Morgan fingerprint density at radius 2 is 1.90 bits per heavy atom. The summed E-state index contributed by atoms with van der Waals surface area (Å²) >= 11 is 0. The molecule has 1 aliphatic carbocycles. The minimum atomic E-state index is -4.01. The van der Waals surface area contributed by atoms with Gasteiger partial charge >= 0.3 is 0 Å². The molecule has 0 aromatic heterocycles. The molecular weight excluding hydrogens is 282 g/mol. The number of nitrogens with two attached hydrogens (primary N) is 1. The van der Waals surface area contributed by atoms with E-state index in [1.54, 1.807) is 0 Å². The van der Waals surface area contributed by atoms with Crippen LogP contribution in [0.5, 0.6) is 0 Å². The zero-order valence-corrected chi connectivity index (χ0v) is 11.7. The molecule has 20 heavy (non-hydrogen) atoms. The normalized spacial score (nSPS) is 16.9. The Morgan fingerprint density at radius 1 is 1.25 bits per heavy atom. The van der Waals surface area contributed by atoms with Crippen LogP contribution in [0, 0.1) is 10.1 Å². The molecule has 0 aliphatic heterocycles. The molecular formula is C12H17N3O4S. The number of hydrogen-bond donors (Lipinski definition) is 2. The van der Waals surface area contributed by atoms with E-state index in [4.69, 9.17) is 5.14 Å². The van der Waals surface area contributed by atoms with E-state index in [-0.39, 0.29) is 16.6 Å². The Kier molecular flexibility index (Phi) is 4.24. The van der Waals surface area contributed by atoms with E-state index in [1.165, 1.54) is 18.6 Å². The average Bonchev–Trinajstić information content (AvgIpc) is 2.39. The second-order valence-corrected chi connectivity index (χ2v) is 6.49. The molecule has 3 N–H and O–H groups in total. The molecule has 0 radical (unpaired) electrons. The number of hydrogen-bond acceptors (Lipinski definition) is 5. The van der Waals surface area contributed by atoms with Gasteiger partial charge in [0.15, 0.2) is 0 Å². The molecule has 1 fully saturated rings. The third-order valence-corrected chi connectivity index (χ3v) is 4.40. The molecule has 8 heteroatoms. The summed E-state index contributed by atoms with van der Waals surface area (Å²) in [6.07, 6.45) is 5.29. The Hall–Kier alpha value is -1.67. The fourth-order valence-electron chi connectivity index (χ4n) is 2.45. The third kappa shape index (κ3) is 3.45. The van der Waals surface area contributed by atoms with Crippen molar-refractivity contribution >= 4 is 21.4 Å². The SMILES string of the molecule is NS(=O)(=O)c1cc([N+](=O)[O-])ccc1NC1CCCCC1. The summed E-state index contributed by atoms with van der Waals surface area (Å²) in [5, 5.41) is 19.0. The summed E-state index contributed by atoms with van der Waals surface area (Å²) in [5.41, 5.74) is 0.0493. The number of benzene rings is 1. The Morgan fingerprint density at radius 3 is 2.45 bits per heavy atom. The predicted octanol–water partition coefficient (Wildman–Crippen LogP) is 1.99. The zero-order chi connectivity index (χ0) is 14.8. The van der Waals surface area contributed by atoms with E-state index in [0.717, 1.165) is 31.7 Å². The lowest BCUT2D eigenvalue weighted by atomic mass is 9.95. The fraction of sp³-hybridized carbons (Fsp3) is 0.500. The number of nitrogens with one attached hydrogen (secondary N) is 1. The smallest absolute Gasteiger partial charge is 0.270 e. The Bertz CT molecular complexity index is 609. The summed E-state index contributed by atoms with van der Waals surface area (Å²) in [4.78, 5) is 9.87. The second-order valence-electron chi connectivity index (χ2n) is 4.96. The monoisotopic (exact) mass is 299 g/mol.